The molecule has 2 atom stereocenters. The van der Waals surface area contributed by atoms with Crippen LogP contribution in [0.25, 0.3) is 0 Å². The van der Waals surface area contributed by atoms with E-state index in [2.05, 4.69) is 10.2 Å². The molecule has 0 aromatic carbocycles. The van der Waals surface area contributed by atoms with Crippen LogP contribution in [0.2, 0.25) is 0 Å². The van der Waals surface area contributed by atoms with E-state index in [0.717, 1.165) is 25.3 Å². The summed E-state index contributed by atoms with van der Waals surface area (Å²) in [5.74, 6) is 0.884. The van der Waals surface area contributed by atoms with Crippen molar-refractivity contribution in [1.29, 1.82) is 0 Å². The minimum absolute atomic E-state index is 0.0335. The van der Waals surface area contributed by atoms with Gasteiger partial charge in [-0.15, -0.1) is 0 Å². The van der Waals surface area contributed by atoms with E-state index in [9.17, 15) is 4.79 Å². The number of amides is 1. The van der Waals surface area contributed by atoms with Gasteiger partial charge in [0.1, 0.15) is 5.76 Å². The van der Waals surface area contributed by atoms with Crippen molar-refractivity contribution in [3.63, 3.8) is 0 Å². The molecule has 5 nitrogen and oxygen atoms in total. The van der Waals surface area contributed by atoms with Gasteiger partial charge in [0.15, 0.2) is 0 Å². The molecule has 94 valence electrons. The minimum atomic E-state index is -0.0768. The maximum Gasteiger partial charge on any atom is 0.234 e. The van der Waals surface area contributed by atoms with E-state index in [0.29, 0.717) is 6.54 Å². The third-order valence-electron chi connectivity index (χ3n) is 3.02. The van der Waals surface area contributed by atoms with Gasteiger partial charge < -0.3 is 15.5 Å². The summed E-state index contributed by atoms with van der Waals surface area (Å²) < 4.78 is 5.43. The third kappa shape index (κ3) is 2.87. The number of hydrogen-bond donors (Lipinski definition) is 2. The number of nitrogens with one attached hydrogen (secondary N) is 1. The van der Waals surface area contributed by atoms with Crippen LogP contribution >= 0.6 is 0 Å². The van der Waals surface area contributed by atoms with E-state index in [1.807, 2.05) is 19.1 Å². The van der Waals surface area contributed by atoms with E-state index in [-0.39, 0.29) is 18.0 Å². The highest BCUT2D eigenvalue weighted by Gasteiger charge is 2.28. The van der Waals surface area contributed by atoms with Gasteiger partial charge in [0.05, 0.1) is 18.8 Å². The average molecular weight is 237 g/mol. The molecule has 1 aliphatic heterocycles. The number of carbonyl (C=O) groups is 1. The molecule has 0 aliphatic carbocycles. The molecule has 3 N–H and O–H groups in total. The summed E-state index contributed by atoms with van der Waals surface area (Å²) in [5, 5.41) is 2.86. The van der Waals surface area contributed by atoms with E-state index in [4.69, 9.17) is 10.2 Å². The van der Waals surface area contributed by atoms with E-state index < -0.39 is 0 Å². The fourth-order valence-electron chi connectivity index (χ4n) is 2.30. The van der Waals surface area contributed by atoms with Crippen LogP contribution in [0.4, 0.5) is 0 Å². The Bertz CT molecular complexity index is 362. The predicted molar refractivity (Wildman–Crippen MR) is 64.3 cm³/mol. The number of carbonyl (C=O) groups excluding carboxylic acids is 1. The van der Waals surface area contributed by atoms with Crippen molar-refractivity contribution in [1.82, 2.24) is 10.2 Å². The quantitative estimate of drug-likeness (QED) is 0.802. The summed E-state index contributed by atoms with van der Waals surface area (Å²) >= 11 is 0. The van der Waals surface area contributed by atoms with Crippen molar-refractivity contribution < 1.29 is 9.21 Å². The first kappa shape index (κ1) is 12.1. The molecule has 1 saturated heterocycles. The lowest BCUT2D eigenvalue weighted by Gasteiger charge is -2.30. The fraction of sp³-hybridized carbons (Fsp3) is 0.583. The first-order valence-corrected chi connectivity index (χ1v) is 5.98. The third-order valence-corrected chi connectivity index (χ3v) is 3.02. The monoisotopic (exact) mass is 237 g/mol. The first-order valence-electron chi connectivity index (χ1n) is 5.98. The Morgan fingerprint density at radius 1 is 1.59 bits per heavy atom. The molecule has 0 bridgehead atoms. The van der Waals surface area contributed by atoms with Crippen LogP contribution < -0.4 is 11.1 Å². The smallest absolute Gasteiger partial charge is 0.234 e. The van der Waals surface area contributed by atoms with Crippen molar-refractivity contribution in [3.05, 3.63) is 24.2 Å². The van der Waals surface area contributed by atoms with Crippen LogP contribution in [-0.2, 0) is 4.79 Å². The highest BCUT2D eigenvalue weighted by Crippen LogP contribution is 2.24. The molecule has 1 fully saturated rings. The number of nitrogens with two attached hydrogens (primary N) is 1. The molecule has 1 aromatic rings. The SMILES string of the molecule is CC(N)C(c1ccco1)N1CCCNC(=O)C1. The van der Waals surface area contributed by atoms with E-state index in [1.54, 1.807) is 6.26 Å². The van der Waals surface area contributed by atoms with Crippen LogP contribution in [0.3, 0.4) is 0 Å². The maximum absolute atomic E-state index is 11.6. The highest BCUT2D eigenvalue weighted by molar-refractivity contribution is 5.78. The van der Waals surface area contributed by atoms with Crippen molar-refractivity contribution in [3.8, 4) is 0 Å². The van der Waals surface area contributed by atoms with Gasteiger partial charge >= 0.3 is 0 Å². The molecule has 2 heterocycles. The van der Waals surface area contributed by atoms with Crippen LogP contribution in [0.1, 0.15) is 25.1 Å². The molecule has 5 heteroatoms. The molecule has 17 heavy (non-hydrogen) atoms. The van der Waals surface area contributed by atoms with Gasteiger partial charge in [-0.05, 0) is 25.5 Å². The lowest BCUT2D eigenvalue weighted by molar-refractivity contribution is -0.122. The van der Waals surface area contributed by atoms with Crippen LogP contribution in [0, 0.1) is 0 Å². The first-order chi connectivity index (χ1) is 8.18. The molecule has 0 radical (unpaired) electrons. The largest absolute Gasteiger partial charge is 0.468 e. The maximum atomic E-state index is 11.6. The van der Waals surface area contributed by atoms with Gasteiger partial charge in [0.2, 0.25) is 5.91 Å². The lowest BCUT2D eigenvalue weighted by Crippen LogP contribution is -2.42. The molecule has 2 rings (SSSR count). The minimum Gasteiger partial charge on any atom is -0.468 e. The summed E-state index contributed by atoms with van der Waals surface area (Å²) in [4.78, 5) is 13.7. The molecule has 1 amide bonds. The highest BCUT2D eigenvalue weighted by atomic mass is 16.3. The topological polar surface area (TPSA) is 71.5 Å². The summed E-state index contributed by atoms with van der Waals surface area (Å²) in [7, 11) is 0. The van der Waals surface area contributed by atoms with Gasteiger partial charge in [-0.1, -0.05) is 0 Å². The zero-order chi connectivity index (χ0) is 12.3. The van der Waals surface area contributed by atoms with Crippen molar-refractivity contribution in [2.24, 2.45) is 5.73 Å². The van der Waals surface area contributed by atoms with E-state index >= 15 is 0 Å². The summed E-state index contributed by atoms with van der Waals surface area (Å²) in [6, 6.07) is 3.65. The molecular formula is C12H19N3O2. The number of hydrogen-bond acceptors (Lipinski definition) is 4. The number of rotatable bonds is 3. The Labute approximate surface area is 101 Å². The van der Waals surface area contributed by atoms with Gasteiger partial charge in [-0.2, -0.15) is 0 Å². The number of nitrogens with zero attached hydrogens (tertiary/aromatic N) is 1. The van der Waals surface area contributed by atoms with Gasteiger partial charge in [0, 0.05) is 19.1 Å². The normalized spacial score (nSPS) is 21.6. The Balaban J connectivity index is 2.17. The van der Waals surface area contributed by atoms with Gasteiger partial charge in [-0.3, -0.25) is 9.69 Å². The standard InChI is InChI=1S/C12H19N3O2/c1-9(13)12(10-4-2-7-17-10)15-6-3-5-14-11(16)8-15/h2,4,7,9,12H,3,5-6,8,13H2,1H3,(H,14,16). The fourth-order valence-corrected chi connectivity index (χ4v) is 2.30. The number of furan rings is 1. The van der Waals surface area contributed by atoms with Crippen molar-refractivity contribution >= 4 is 5.91 Å². The molecule has 0 spiro atoms. The Morgan fingerprint density at radius 3 is 3.06 bits per heavy atom. The van der Waals surface area contributed by atoms with Crippen LogP contribution in [0.5, 0.6) is 0 Å². The molecule has 1 aromatic heterocycles. The Hall–Kier alpha value is -1.33. The molecule has 2 unspecified atom stereocenters. The Morgan fingerprint density at radius 2 is 2.41 bits per heavy atom. The second-order valence-corrected chi connectivity index (χ2v) is 4.49. The zero-order valence-electron chi connectivity index (χ0n) is 10.1. The van der Waals surface area contributed by atoms with Crippen molar-refractivity contribution in [2.75, 3.05) is 19.6 Å². The lowest BCUT2D eigenvalue weighted by atomic mass is 10.1. The summed E-state index contributed by atoms with van der Waals surface area (Å²) in [6.45, 7) is 3.91. The predicted octanol–water partition coefficient (Wildman–Crippen LogP) is 0.490. The second kappa shape index (κ2) is 5.33. The van der Waals surface area contributed by atoms with Crippen LogP contribution in [0.15, 0.2) is 22.8 Å². The molecular weight excluding hydrogens is 218 g/mol. The van der Waals surface area contributed by atoms with E-state index in [1.165, 1.54) is 0 Å². The second-order valence-electron chi connectivity index (χ2n) is 4.49. The summed E-state index contributed by atoms with van der Waals surface area (Å²) in [5.41, 5.74) is 6.02. The van der Waals surface area contributed by atoms with Crippen molar-refractivity contribution in [2.45, 2.75) is 25.4 Å². The molecule has 1 aliphatic rings. The van der Waals surface area contributed by atoms with Crippen LogP contribution in [-0.4, -0.2) is 36.5 Å². The zero-order valence-corrected chi connectivity index (χ0v) is 10.1. The van der Waals surface area contributed by atoms with Gasteiger partial charge in [0.25, 0.3) is 0 Å². The molecule has 0 saturated carbocycles. The summed E-state index contributed by atoms with van der Waals surface area (Å²) in [6.07, 6.45) is 2.58. The average Bonchev–Trinajstić information content (AvgIpc) is 2.69. The van der Waals surface area contributed by atoms with Gasteiger partial charge in [-0.25, -0.2) is 0 Å². The Kier molecular flexibility index (Phi) is 3.81.